The predicted octanol–water partition coefficient (Wildman–Crippen LogP) is 3.45. The quantitative estimate of drug-likeness (QED) is 0.820. The van der Waals surface area contributed by atoms with Crippen molar-refractivity contribution in [1.29, 1.82) is 0 Å². The van der Waals surface area contributed by atoms with Crippen LogP contribution in [0.25, 0.3) is 0 Å². The summed E-state index contributed by atoms with van der Waals surface area (Å²) in [5, 5.41) is 5.62. The van der Waals surface area contributed by atoms with E-state index in [0.717, 1.165) is 5.56 Å². The SMILES string of the molecule is Cc1ccc(C(=O)NCCNC(=O)c2ccc(C(C)(C)C)cc2)cc1. The van der Waals surface area contributed by atoms with Crippen LogP contribution in [0.2, 0.25) is 0 Å². The van der Waals surface area contributed by atoms with Gasteiger partial charge in [-0.1, -0.05) is 50.6 Å². The zero-order valence-electron chi connectivity index (χ0n) is 15.3. The highest BCUT2D eigenvalue weighted by atomic mass is 16.2. The highest BCUT2D eigenvalue weighted by molar-refractivity contribution is 5.95. The molecule has 0 aliphatic rings. The van der Waals surface area contributed by atoms with Gasteiger partial charge >= 0.3 is 0 Å². The Morgan fingerprint density at radius 3 is 1.56 bits per heavy atom. The maximum atomic E-state index is 12.1. The number of hydrogen-bond acceptors (Lipinski definition) is 2. The topological polar surface area (TPSA) is 58.2 Å². The summed E-state index contributed by atoms with van der Waals surface area (Å²) in [4.78, 5) is 24.1. The summed E-state index contributed by atoms with van der Waals surface area (Å²) in [6, 6.07) is 15.0. The smallest absolute Gasteiger partial charge is 0.251 e. The van der Waals surface area contributed by atoms with Gasteiger partial charge < -0.3 is 10.6 Å². The van der Waals surface area contributed by atoms with Gasteiger partial charge in [0.15, 0.2) is 0 Å². The van der Waals surface area contributed by atoms with Gasteiger partial charge in [-0.3, -0.25) is 9.59 Å². The minimum atomic E-state index is -0.135. The Hall–Kier alpha value is -2.62. The molecule has 2 N–H and O–H groups in total. The van der Waals surface area contributed by atoms with E-state index in [1.54, 1.807) is 12.1 Å². The number of rotatable bonds is 5. The van der Waals surface area contributed by atoms with Crippen LogP contribution in [0.4, 0.5) is 0 Å². The van der Waals surface area contributed by atoms with Gasteiger partial charge in [0.1, 0.15) is 0 Å². The second-order valence-corrected chi connectivity index (χ2v) is 7.21. The van der Waals surface area contributed by atoms with E-state index in [4.69, 9.17) is 0 Å². The molecule has 2 amide bonds. The molecule has 0 radical (unpaired) electrons. The lowest BCUT2D eigenvalue weighted by Gasteiger charge is -2.19. The molecular formula is C21H26N2O2. The van der Waals surface area contributed by atoms with Gasteiger partial charge in [-0.05, 0) is 42.2 Å². The molecule has 0 aliphatic heterocycles. The highest BCUT2D eigenvalue weighted by Crippen LogP contribution is 2.22. The van der Waals surface area contributed by atoms with E-state index in [0.29, 0.717) is 24.2 Å². The standard InChI is InChI=1S/C21H26N2O2/c1-15-5-7-16(8-6-15)19(24)22-13-14-23-20(25)17-9-11-18(12-10-17)21(2,3)4/h5-12H,13-14H2,1-4H3,(H,22,24)(H,23,25). The Morgan fingerprint density at radius 2 is 1.16 bits per heavy atom. The number of carbonyl (C=O) groups is 2. The molecule has 2 aromatic rings. The number of nitrogens with one attached hydrogen (secondary N) is 2. The van der Waals surface area contributed by atoms with Crippen LogP contribution in [-0.2, 0) is 5.41 Å². The maximum absolute atomic E-state index is 12.1. The fraction of sp³-hybridized carbons (Fsp3) is 0.333. The van der Waals surface area contributed by atoms with Gasteiger partial charge in [-0.2, -0.15) is 0 Å². The van der Waals surface area contributed by atoms with E-state index in [-0.39, 0.29) is 17.2 Å². The van der Waals surface area contributed by atoms with E-state index in [1.807, 2.05) is 43.3 Å². The van der Waals surface area contributed by atoms with Crippen molar-refractivity contribution in [3.8, 4) is 0 Å². The molecule has 4 heteroatoms. The van der Waals surface area contributed by atoms with Crippen molar-refractivity contribution in [1.82, 2.24) is 10.6 Å². The number of carbonyl (C=O) groups excluding carboxylic acids is 2. The molecule has 4 nitrogen and oxygen atoms in total. The lowest BCUT2D eigenvalue weighted by Crippen LogP contribution is -2.34. The molecule has 0 heterocycles. The first-order valence-electron chi connectivity index (χ1n) is 8.51. The van der Waals surface area contributed by atoms with E-state index in [9.17, 15) is 9.59 Å². The monoisotopic (exact) mass is 338 g/mol. The molecule has 2 aromatic carbocycles. The number of amides is 2. The van der Waals surface area contributed by atoms with Crippen LogP contribution >= 0.6 is 0 Å². The molecule has 0 bridgehead atoms. The van der Waals surface area contributed by atoms with Crippen LogP contribution in [0.5, 0.6) is 0 Å². The summed E-state index contributed by atoms with van der Waals surface area (Å²) >= 11 is 0. The van der Waals surface area contributed by atoms with Crippen LogP contribution < -0.4 is 10.6 Å². The molecule has 0 saturated heterocycles. The van der Waals surface area contributed by atoms with Crippen LogP contribution in [0.1, 0.15) is 52.6 Å². The molecule has 0 aliphatic carbocycles. The average molecular weight is 338 g/mol. The van der Waals surface area contributed by atoms with Crippen molar-refractivity contribution in [2.45, 2.75) is 33.1 Å². The fourth-order valence-electron chi connectivity index (χ4n) is 2.38. The second kappa shape index (κ2) is 7.97. The predicted molar refractivity (Wildman–Crippen MR) is 101 cm³/mol. The molecule has 2 rings (SSSR count). The van der Waals surface area contributed by atoms with E-state index in [2.05, 4.69) is 31.4 Å². The molecular weight excluding hydrogens is 312 g/mol. The Labute approximate surface area is 149 Å². The summed E-state index contributed by atoms with van der Waals surface area (Å²) < 4.78 is 0. The van der Waals surface area contributed by atoms with Gasteiger partial charge in [-0.25, -0.2) is 0 Å². The molecule has 132 valence electrons. The molecule has 0 fully saturated rings. The fourth-order valence-corrected chi connectivity index (χ4v) is 2.38. The summed E-state index contributed by atoms with van der Waals surface area (Å²) in [6.07, 6.45) is 0. The first-order valence-corrected chi connectivity index (χ1v) is 8.51. The van der Waals surface area contributed by atoms with E-state index < -0.39 is 0 Å². The van der Waals surface area contributed by atoms with Crippen LogP contribution in [0.3, 0.4) is 0 Å². The minimum absolute atomic E-state index is 0.0647. The van der Waals surface area contributed by atoms with Crippen molar-refractivity contribution < 1.29 is 9.59 Å². The lowest BCUT2D eigenvalue weighted by molar-refractivity contribution is 0.0927. The first kappa shape index (κ1) is 18.7. The summed E-state index contributed by atoms with van der Waals surface area (Å²) in [5.41, 5.74) is 3.61. The van der Waals surface area contributed by atoms with Gasteiger partial charge in [0.05, 0.1) is 0 Å². The molecule has 0 unspecified atom stereocenters. The highest BCUT2D eigenvalue weighted by Gasteiger charge is 2.14. The van der Waals surface area contributed by atoms with E-state index in [1.165, 1.54) is 5.56 Å². The van der Waals surface area contributed by atoms with Gasteiger partial charge in [0, 0.05) is 24.2 Å². The third kappa shape index (κ3) is 5.45. The summed E-state index contributed by atoms with van der Waals surface area (Å²) in [5.74, 6) is -0.270. The van der Waals surface area contributed by atoms with Crippen LogP contribution in [0.15, 0.2) is 48.5 Å². The molecule has 25 heavy (non-hydrogen) atoms. The van der Waals surface area contributed by atoms with Gasteiger partial charge in [0.25, 0.3) is 11.8 Å². The van der Waals surface area contributed by atoms with Crippen molar-refractivity contribution in [2.24, 2.45) is 0 Å². The molecule has 0 spiro atoms. The Balaban J connectivity index is 1.78. The lowest BCUT2D eigenvalue weighted by atomic mass is 9.87. The average Bonchev–Trinajstić information content (AvgIpc) is 2.58. The zero-order chi connectivity index (χ0) is 18.4. The normalized spacial score (nSPS) is 11.0. The third-order valence-corrected chi connectivity index (χ3v) is 4.02. The first-order chi connectivity index (χ1) is 11.8. The molecule has 0 saturated carbocycles. The summed E-state index contributed by atoms with van der Waals surface area (Å²) in [6.45, 7) is 9.16. The van der Waals surface area contributed by atoms with Crippen molar-refractivity contribution in [3.63, 3.8) is 0 Å². The molecule has 0 aromatic heterocycles. The third-order valence-electron chi connectivity index (χ3n) is 4.02. The minimum Gasteiger partial charge on any atom is -0.350 e. The van der Waals surface area contributed by atoms with Gasteiger partial charge in [0.2, 0.25) is 0 Å². The number of aryl methyl sites for hydroxylation is 1. The Morgan fingerprint density at radius 1 is 0.760 bits per heavy atom. The number of hydrogen-bond donors (Lipinski definition) is 2. The van der Waals surface area contributed by atoms with Crippen molar-refractivity contribution in [3.05, 3.63) is 70.8 Å². The van der Waals surface area contributed by atoms with Crippen LogP contribution in [0, 0.1) is 6.92 Å². The summed E-state index contributed by atoms with van der Waals surface area (Å²) in [7, 11) is 0. The van der Waals surface area contributed by atoms with Gasteiger partial charge in [-0.15, -0.1) is 0 Å². The second-order valence-electron chi connectivity index (χ2n) is 7.21. The van der Waals surface area contributed by atoms with Crippen molar-refractivity contribution in [2.75, 3.05) is 13.1 Å². The zero-order valence-corrected chi connectivity index (χ0v) is 15.3. The van der Waals surface area contributed by atoms with Crippen LogP contribution in [-0.4, -0.2) is 24.9 Å². The van der Waals surface area contributed by atoms with E-state index >= 15 is 0 Å². The number of benzene rings is 2. The Kier molecular flexibility index (Phi) is 5.97. The van der Waals surface area contributed by atoms with Crippen molar-refractivity contribution >= 4 is 11.8 Å². The molecule has 0 atom stereocenters. The Bertz CT molecular complexity index is 726. The maximum Gasteiger partial charge on any atom is 0.251 e. The largest absolute Gasteiger partial charge is 0.350 e.